The number of amides is 2. The molecule has 2 amide bonds. The summed E-state index contributed by atoms with van der Waals surface area (Å²) in [5.74, 6) is -0.573. The van der Waals surface area contributed by atoms with Gasteiger partial charge in [-0.15, -0.1) is 0 Å². The van der Waals surface area contributed by atoms with E-state index in [1.165, 1.54) is 18.2 Å². The van der Waals surface area contributed by atoms with Crippen molar-refractivity contribution in [3.63, 3.8) is 0 Å². The molecule has 0 saturated carbocycles. The molecule has 3 aromatic carbocycles. The summed E-state index contributed by atoms with van der Waals surface area (Å²) in [6.45, 7) is 0. The predicted octanol–water partition coefficient (Wildman–Crippen LogP) is 3.82. The number of sulfonamides is 1. The maximum atomic E-state index is 12.9. The second kappa shape index (κ2) is 7.23. The molecule has 1 aliphatic rings. The molecule has 3 aromatic rings. The van der Waals surface area contributed by atoms with Gasteiger partial charge in [0.15, 0.2) is 5.75 Å². The summed E-state index contributed by atoms with van der Waals surface area (Å²) in [7, 11) is -4.06. The average Bonchev–Trinajstić information content (AvgIpc) is 2.98. The van der Waals surface area contributed by atoms with Crippen molar-refractivity contribution in [2.24, 2.45) is 0 Å². The van der Waals surface area contributed by atoms with Crippen molar-refractivity contribution in [2.75, 3.05) is 4.72 Å². The maximum Gasteiger partial charge on any atom is 0.262 e. The highest BCUT2D eigenvalue weighted by molar-refractivity contribution is 7.92. The van der Waals surface area contributed by atoms with Crippen LogP contribution in [0.5, 0.6) is 11.5 Å². The zero-order chi connectivity index (χ0) is 20.6. The number of anilines is 1. The van der Waals surface area contributed by atoms with Crippen LogP contribution in [-0.4, -0.2) is 20.2 Å². The van der Waals surface area contributed by atoms with Gasteiger partial charge >= 0.3 is 0 Å². The van der Waals surface area contributed by atoms with E-state index in [2.05, 4.69) is 10.0 Å². The Morgan fingerprint density at radius 2 is 1.48 bits per heavy atom. The number of rotatable bonds is 5. The lowest BCUT2D eigenvalue weighted by Gasteiger charge is -2.14. The van der Waals surface area contributed by atoms with Crippen molar-refractivity contribution < 1.29 is 22.7 Å². The monoisotopic (exact) mass is 428 g/mol. The summed E-state index contributed by atoms with van der Waals surface area (Å²) < 4.78 is 33.9. The Morgan fingerprint density at radius 1 is 0.828 bits per heavy atom. The number of fused-ring (bicyclic) bond motifs is 1. The Hall–Kier alpha value is -3.36. The predicted molar refractivity (Wildman–Crippen MR) is 107 cm³/mol. The van der Waals surface area contributed by atoms with Gasteiger partial charge in [-0.1, -0.05) is 35.9 Å². The molecule has 146 valence electrons. The molecule has 0 atom stereocenters. The molecule has 1 aliphatic heterocycles. The lowest BCUT2D eigenvalue weighted by Crippen LogP contribution is -2.20. The van der Waals surface area contributed by atoms with E-state index in [9.17, 15) is 18.0 Å². The number of hydrogen-bond donors (Lipinski definition) is 2. The van der Waals surface area contributed by atoms with Crippen LogP contribution in [0.2, 0.25) is 5.02 Å². The number of halogens is 1. The SMILES string of the molecule is O=C1NC(=O)c2cc(S(=O)(=O)Nc3ccccc3Oc3ccccc3Cl)ccc21. The first-order valence-electron chi connectivity index (χ1n) is 8.39. The van der Waals surface area contributed by atoms with Gasteiger partial charge in [-0.3, -0.25) is 19.6 Å². The number of hydrogen-bond acceptors (Lipinski definition) is 5. The van der Waals surface area contributed by atoms with Gasteiger partial charge < -0.3 is 4.74 Å². The van der Waals surface area contributed by atoms with Crippen molar-refractivity contribution in [1.29, 1.82) is 0 Å². The molecular weight excluding hydrogens is 416 g/mol. The molecule has 0 fully saturated rings. The second-order valence-corrected chi connectivity index (χ2v) is 8.21. The molecule has 0 aliphatic carbocycles. The third-order valence-electron chi connectivity index (χ3n) is 4.21. The summed E-state index contributed by atoms with van der Waals surface area (Å²) in [5.41, 5.74) is 0.336. The molecule has 2 N–H and O–H groups in total. The molecule has 0 aromatic heterocycles. The smallest absolute Gasteiger partial charge is 0.262 e. The van der Waals surface area contributed by atoms with Gasteiger partial charge in [-0.05, 0) is 42.5 Å². The van der Waals surface area contributed by atoms with Gasteiger partial charge in [0.2, 0.25) is 0 Å². The van der Waals surface area contributed by atoms with E-state index in [4.69, 9.17) is 16.3 Å². The number of carbonyl (C=O) groups is 2. The molecule has 9 heteroatoms. The lowest BCUT2D eigenvalue weighted by atomic mass is 10.1. The van der Waals surface area contributed by atoms with Crippen LogP contribution < -0.4 is 14.8 Å². The first-order valence-corrected chi connectivity index (χ1v) is 10.3. The average molecular weight is 429 g/mol. The fourth-order valence-corrected chi connectivity index (χ4v) is 4.07. The summed E-state index contributed by atoms with van der Waals surface area (Å²) in [6, 6.07) is 17.0. The number of ether oxygens (including phenoxy) is 1. The fraction of sp³-hybridized carbons (Fsp3) is 0. The van der Waals surface area contributed by atoms with E-state index in [1.807, 2.05) is 0 Å². The summed E-state index contributed by atoms with van der Waals surface area (Å²) >= 11 is 6.11. The highest BCUT2D eigenvalue weighted by Crippen LogP contribution is 2.34. The molecule has 0 unspecified atom stereocenters. The molecule has 1 heterocycles. The quantitative estimate of drug-likeness (QED) is 0.601. The van der Waals surface area contributed by atoms with Gasteiger partial charge in [0.1, 0.15) is 5.75 Å². The topological polar surface area (TPSA) is 102 Å². The second-order valence-electron chi connectivity index (χ2n) is 6.12. The minimum absolute atomic E-state index is 0.0125. The zero-order valence-corrected chi connectivity index (χ0v) is 16.3. The standard InChI is InChI=1S/C20H13ClN2O5S/c21-15-5-1-3-7-17(15)28-18-8-4-2-6-16(18)23-29(26,27)12-9-10-13-14(11-12)20(25)22-19(13)24/h1-11,23H,(H,22,24,25). The molecule has 29 heavy (non-hydrogen) atoms. The van der Waals surface area contributed by atoms with Crippen LogP contribution in [0.1, 0.15) is 20.7 Å². The number of carbonyl (C=O) groups excluding carboxylic acids is 2. The van der Waals surface area contributed by atoms with Gasteiger partial charge in [0.25, 0.3) is 21.8 Å². The van der Waals surface area contributed by atoms with Crippen LogP contribution in [-0.2, 0) is 10.0 Å². The summed E-state index contributed by atoms with van der Waals surface area (Å²) in [4.78, 5) is 23.3. The number of benzene rings is 3. The van der Waals surface area contributed by atoms with Crippen molar-refractivity contribution in [3.05, 3.63) is 82.9 Å². The lowest BCUT2D eigenvalue weighted by molar-refractivity contribution is 0.0879. The van der Waals surface area contributed by atoms with E-state index >= 15 is 0 Å². The van der Waals surface area contributed by atoms with E-state index in [-0.39, 0.29) is 27.5 Å². The highest BCUT2D eigenvalue weighted by atomic mass is 35.5. The number of nitrogens with one attached hydrogen (secondary N) is 2. The van der Waals surface area contributed by atoms with Crippen LogP contribution in [0.3, 0.4) is 0 Å². The Morgan fingerprint density at radius 3 is 2.24 bits per heavy atom. The van der Waals surface area contributed by atoms with Gasteiger partial charge in [0, 0.05) is 0 Å². The largest absolute Gasteiger partial charge is 0.454 e. The summed E-state index contributed by atoms with van der Waals surface area (Å²) in [6.07, 6.45) is 0. The maximum absolute atomic E-state index is 12.9. The fourth-order valence-electron chi connectivity index (χ4n) is 2.80. The number of para-hydroxylation sites is 3. The van der Waals surface area contributed by atoms with Crippen molar-refractivity contribution in [1.82, 2.24) is 5.32 Å². The Labute approximate surface area is 171 Å². The molecule has 0 saturated heterocycles. The molecule has 0 bridgehead atoms. The highest BCUT2D eigenvalue weighted by Gasteiger charge is 2.29. The van der Waals surface area contributed by atoms with Gasteiger partial charge in [-0.25, -0.2) is 8.42 Å². The van der Waals surface area contributed by atoms with Crippen molar-refractivity contribution in [2.45, 2.75) is 4.90 Å². The van der Waals surface area contributed by atoms with Crippen molar-refractivity contribution >= 4 is 39.1 Å². The first-order chi connectivity index (χ1) is 13.8. The minimum Gasteiger partial charge on any atom is -0.454 e. The molecule has 0 spiro atoms. The van der Waals surface area contributed by atoms with Crippen LogP contribution in [0.25, 0.3) is 0 Å². The molecule has 4 rings (SSSR count). The zero-order valence-electron chi connectivity index (χ0n) is 14.7. The van der Waals surface area contributed by atoms with E-state index in [1.54, 1.807) is 42.5 Å². The van der Waals surface area contributed by atoms with Crippen LogP contribution >= 0.6 is 11.6 Å². The number of imide groups is 1. The third-order valence-corrected chi connectivity index (χ3v) is 5.88. The third kappa shape index (κ3) is 3.67. The van der Waals surface area contributed by atoms with Gasteiger partial charge in [-0.2, -0.15) is 0 Å². The van der Waals surface area contributed by atoms with E-state index < -0.39 is 21.8 Å². The Balaban J connectivity index is 1.66. The van der Waals surface area contributed by atoms with Gasteiger partial charge in [0.05, 0.1) is 26.7 Å². The normalized spacial score (nSPS) is 13.0. The van der Waals surface area contributed by atoms with Crippen LogP contribution in [0, 0.1) is 0 Å². The van der Waals surface area contributed by atoms with Crippen LogP contribution in [0.4, 0.5) is 5.69 Å². The first kappa shape index (κ1) is 19.0. The summed E-state index contributed by atoms with van der Waals surface area (Å²) in [5, 5.41) is 2.50. The van der Waals surface area contributed by atoms with Crippen molar-refractivity contribution in [3.8, 4) is 11.5 Å². The van der Waals surface area contributed by atoms with E-state index in [0.29, 0.717) is 10.8 Å². The minimum atomic E-state index is -4.06. The Bertz CT molecular complexity index is 1260. The molecule has 7 nitrogen and oxygen atoms in total. The molecular formula is C20H13ClN2O5S. The Kier molecular flexibility index (Phi) is 4.73. The van der Waals surface area contributed by atoms with Crippen LogP contribution in [0.15, 0.2) is 71.6 Å². The molecule has 0 radical (unpaired) electrons. The van der Waals surface area contributed by atoms with E-state index in [0.717, 1.165) is 6.07 Å².